The number of hydrogen-bond donors (Lipinski definition) is 7. The van der Waals surface area contributed by atoms with Crippen molar-refractivity contribution in [1.29, 1.82) is 0 Å². The Balaban J connectivity index is 0.000000286. The summed E-state index contributed by atoms with van der Waals surface area (Å²) < 4.78 is 41.9. The van der Waals surface area contributed by atoms with Crippen LogP contribution in [0.1, 0.15) is 105 Å². The molecule has 536 valence electrons. The second kappa shape index (κ2) is 39.8. The first kappa shape index (κ1) is 79.2. The Morgan fingerprint density at radius 1 is 0.392 bits per heavy atom. The van der Waals surface area contributed by atoms with Gasteiger partial charge in [0.2, 0.25) is 11.8 Å². The van der Waals surface area contributed by atoms with Crippen LogP contribution in [0, 0.1) is 11.8 Å². The number of carboxylic acid groups (broad SMARTS) is 1. The number of carbonyl (C=O) groups is 10. The highest BCUT2D eigenvalue weighted by Crippen LogP contribution is 2.38. The zero-order chi connectivity index (χ0) is 73.6. The molecule has 0 aromatic heterocycles. The van der Waals surface area contributed by atoms with Crippen LogP contribution in [-0.2, 0) is 105 Å². The van der Waals surface area contributed by atoms with Crippen molar-refractivity contribution >= 4 is 95.8 Å². The lowest BCUT2D eigenvalue weighted by Crippen LogP contribution is -2.46. The maximum atomic E-state index is 14.0. The molecule has 0 aliphatic carbocycles. The smallest absolute Gasteiger partial charge is 0.481 e. The van der Waals surface area contributed by atoms with Gasteiger partial charge in [0.1, 0.15) is 28.8 Å². The van der Waals surface area contributed by atoms with E-state index in [1.807, 2.05) is 146 Å². The molecule has 0 bridgehead atoms. The summed E-state index contributed by atoms with van der Waals surface area (Å²) in [6.45, 7) is 1.21. The summed E-state index contributed by atoms with van der Waals surface area (Å²) in [5, 5.41) is 18.6. The van der Waals surface area contributed by atoms with Gasteiger partial charge in [0.05, 0.1) is 44.6 Å². The van der Waals surface area contributed by atoms with Crippen LogP contribution in [0.5, 0.6) is 11.5 Å². The second-order valence-corrected chi connectivity index (χ2v) is 27.0. The number of carboxylic acids is 1. The van der Waals surface area contributed by atoms with Crippen LogP contribution in [0.15, 0.2) is 194 Å². The minimum Gasteiger partial charge on any atom is -0.481 e. The van der Waals surface area contributed by atoms with Gasteiger partial charge in [0.15, 0.2) is 11.6 Å². The Hall–Kier alpha value is -10.1. The van der Waals surface area contributed by atoms with Crippen LogP contribution >= 0.6 is 15.6 Å². The molecule has 0 spiro atoms. The summed E-state index contributed by atoms with van der Waals surface area (Å²) in [5.41, 5.74) is 4.48. The van der Waals surface area contributed by atoms with Gasteiger partial charge >= 0.3 is 33.6 Å². The molecule has 7 N–H and O–H groups in total. The number of phosphoric ester groups is 2. The number of ketones is 5. The lowest BCUT2D eigenvalue weighted by Gasteiger charge is -2.23. The molecule has 4 atom stereocenters. The van der Waals surface area contributed by atoms with E-state index in [9.17, 15) is 57.1 Å². The molecule has 0 aliphatic rings. The number of aliphatic carboxylic acids is 1. The van der Waals surface area contributed by atoms with Crippen LogP contribution in [-0.4, -0.2) is 109 Å². The SMILES string of the molecule is CC(=O)CCC(=O)OCCCC(=O)[C@@H](Cc1ccc(OP(=O)(O)O)cc1)NC(=O)C(CC(=O)Cc1ccc2ccccc2c1)Cc1ccccc1.O=C(O)CCC(=O)OCCCC(=O)[C@H](Cc1ccc(OP(=O)(O)O)cc1)NC(=O)C(CC(=O)Cc1ccc2ccccc2c1)Cc1ccccc1. The molecule has 0 radical (unpaired) electrons. The lowest BCUT2D eigenvalue weighted by atomic mass is 9.90. The molecule has 2 unspecified atom stereocenters. The van der Waals surface area contributed by atoms with Gasteiger partial charge in [0.25, 0.3) is 0 Å². The lowest BCUT2D eigenvalue weighted by molar-refractivity contribution is -0.148. The number of ether oxygens (including phenoxy) is 2. The molecule has 0 saturated carbocycles. The highest BCUT2D eigenvalue weighted by Gasteiger charge is 2.31. The topological polar surface area (TPSA) is 367 Å². The summed E-state index contributed by atoms with van der Waals surface area (Å²) >= 11 is 0. The van der Waals surface area contributed by atoms with Gasteiger partial charge in [-0.1, -0.05) is 170 Å². The molecule has 8 rings (SSSR count). The molecule has 25 heteroatoms. The van der Waals surface area contributed by atoms with Gasteiger partial charge in [0, 0.05) is 56.8 Å². The highest BCUT2D eigenvalue weighted by atomic mass is 31.2. The van der Waals surface area contributed by atoms with Crippen molar-refractivity contribution in [2.45, 2.75) is 122 Å². The molecule has 0 saturated heterocycles. The minimum absolute atomic E-state index is 0.0161. The Morgan fingerprint density at radius 3 is 1.10 bits per heavy atom. The molecule has 0 fully saturated rings. The van der Waals surface area contributed by atoms with Crippen molar-refractivity contribution in [3.8, 4) is 11.5 Å². The number of esters is 2. The average Bonchev–Trinajstić information content (AvgIpc) is 0.850. The number of nitrogens with one attached hydrogen (secondary N) is 2. The number of carbonyl (C=O) groups excluding carboxylic acids is 9. The van der Waals surface area contributed by atoms with E-state index in [0.717, 1.165) is 43.8 Å². The first-order valence-corrected chi connectivity index (χ1v) is 36.2. The zero-order valence-corrected chi connectivity index (χ0v) is 58.0. The highest BCUT2D eigenvalue weighted by molar-refractivity contribution is 7.47. The van der Waals surface area contributed by atoms with Gasteiger partial charge in [-0.15, -0.1) is 0 Å². The Labute approximate surface area is 589 Å². The maximum Gasteiger partial charge on any atom is 0.524 e. The van der Waals surface area contributed by atoms with E-state index in [-0.39, 0.29) is 156 Å². The Kier molecular flexibility index (Phi) is 30.9. The van der Waals surface area contributed by atoms with Crippen LogP contribution in [0.25, 0.3) is 21.5 Å². The number of hydrogen-bond acceptors (Lipinski definition) is 16. The third kappa shape index (κ3) is 29.2. The van der Waals surface area contributed by atoms with E-state index >= 15 is 0 Å². The molecule has 23 nitrogen and oxygen atoms in total. The van der Waals surface area contributed by atoms with Crippen molar-refractivity contribution in [2.24, 2.45) is 11.8 Å². The fraction of sp³-hybridized carbons (Fsp3) is 0.299. The summed E-state index contributed by atoms with van der Waals surface area (Å²) in [5.74, 6) is -6.21. The monoisotopic (exact) mass is 1430 g/mol. The predicted molar refractivity (Wildman–Crippen MR) is 379 cm³/mol. The number of benzene rings is 8. The van der Waals surface area contributed by atoms with Crippen molar-refractivity contribution in [3.63, 3.8) is 0 Å². The molecule has 8 aromatic carbocycles. The minimum atomic E-state index is -4.79. The quantitative estimate of drug-likeness (QED) is 0.0107. The van der Waals surface area contributed by atoms with Crippen molar-refractivity contribution in [1.82, 2.24) is 10.6 Å². The molecule has 0 aliphatic heterocycles. The summed E-state index contributed by atoms with van der Waals surface area (Å²) in [6.07, 6.45) is 0.240. The number of fused-ring (bicyclic) bond motifs is 2. The normalized spacial score (nSPS) is 12.4. The van der Waals surface area contributed by atoms with E-state index in [1.165, 1.54) is 55.5 Å². The fourth-order valence-electron chi connectivity index (χ4n) is 11.2. The standard InChI is InChI=1S/C39H42NO10P.C38H40NO11P/c1-27(41)13-20-38(44)49-21-7-12-37(43)36(25-29-15-18-35(19-16-29)50-51(46,47)48)40-39(45)33(22-28-8-3-2-4-9-28)26-34(42)24-30-14-17-31-10-5-6-11-32(31)23-30;40-32(23-28-12-15-29-9-4-5-10-30(29)22-28)25-31(21-26-7-2-1-3-8-26)38(45)39-34(24-27-13-16-33(17-14-27)50-51(46,47)48)35(41)11-6-20-49-37(44)19-18-36(42)43/h2-6,8-11,14-19,23,33,36H,7,12-13,20-22,24-26H2,1H3,(H,40,45)(H2,46,47,48);1-5,7-10,12-17,22,31,34H,6,11,18-21,23-25H2,(H,39,45)(H,42,43)(H2,46,47,48)/t33?,36-;31?,34-/m10/s1. The van der Waals surface area contributed by atoms with Crippen molar-refractivity contribution in [3.05, 3.63) is 228 Å². The van der Waals surface area contributed by atoms with E-state index < -0.39 is 69.3 Å². The van der Waals surface area contributed by atoms with E-state index in [1.54, 1.807) is 0 Å². The predicted octanol–water partition coefficient (Wildman–Crippen LogP) is 10.8. The van der Waals surface area contributed by atoms with Crippen LogP contribution in [0.3, 0.4) is 0 Å². The van der Waals surface area contributed by atoms with Crippen LogP contribution in [0.4, 0.5) is 0 Å². The van der Waals surface area contributed by atoms with E-state index in [2.05, 4.69) is 19.7 Å². The summed E-state index contributed by atoms with van der Waals surface area (Å²) in [6, 6.07) is 55.2. The van der Waals surface area contributed by atoms with Gasteiger partial charge in [-0.3, -0.25) is 62.7 Å². The Morgan fingerprint density at radius 2 is 0.735 bits per heavy atom. The molecule has 8 aromatic rings. The molecular formula is C77H82N2O21P2. The first-order chi connectivity index (χ1) is 48.7. The third-order valence-corrected chi connectivity index (χ3v) is 17.1. The van der Waals surface area contributed by atoms with Gasteiger partial charge in [-0.2, -0.15) is 0 Å². The van der Waals surface area contributed by atoms with Gasteiger partial charge in [-0.25, -0.2) is 9.13 Å². The Bertz CT molecular complexity index is 4020. The third-order valence-electron chi connectivity index (χ3n) is 16.2. The van der Waals surface area contributed by atoms with Crippen LogP contribution in [0.2, 0.25) is 0 Å². The molecular weight excluding hydrogens is 1350 g/mol. The number of amides is 2. The van der Waals surface area contributed by atoms with Crippen molar-refractivity contribution < 1.29 is 100 Å². The first-order valence-electron chi connectivity index (χ1n) is 33.1. The van der Waals surface area contributed by atoms with Gasteiger partial charge in [-0.05, 0) is 125 Å². The molecule has 102 heavy (non-hydrogen) atoms. The van der Waals surface area contributed by atoms with E-state index in [0.29, 0.717) is 11.1 Å². The number of rotatable bonds is 40. The maximum absolute atomic E-state index is 14.0. The average molecular weight is 1430 g/mol. The van der Waals surface area contributed by atoms with E-state index in [4.69, 9.17) is 34.2 Å². The number of phosphoric acid groups is 2. The molecule has 0 heterocycles. The molecule has 2 amide bonds. The van der Waals surface area contributed by atoms with Gasteiger partial charge < -0.3 is 39.1 Å². The second-order valence-electron chi connectivity index (χ2n) is 24.6. The summed E-state index contributed by atoms with van der Waals surface area (Å²) in [4.78, 5) is 164. The van der Waals surface area contributed by atoms with Crippen LogP contribution < -0.4 is 19.7 Å². The number of Topliss-reactive ketones (excluding diaryl/α,β-unsaturated/α-hetero) is 5. The largest absolute Gasteiger partial charge is 0.524 e. The summed E-state index contributed by atoms with van der Waals surface area (Å²) in [7, 11) is -9.56. The zero-order valence-electron chi connectivity index (χ0n) is 56.2. The van der Waals surface area contributed by atoms with Crippen molar-refractivity contribution in [2.75, 3.05) is 13.2 Å². The fourth-order valence-corrected chi connectivity index (χ4v) is 12.0.